The molecule has 0 aliphatic carbocycles. The maximum Gasteiger partial charge on any atom is 0.158 e. The summed E-state index contributed by atoms with van der Waals surface area (Å²) in [5, 5.41) is 35.6. The summed E-state index contributed by atoms with van der Waals surface area (Å²) in [6.07, 6.45) is 1.47. The van der Waals surface area contributed by atoms with Gasteiger partial charge in [-0.3, -0.25) is 0 Å². The van der Waals surface area contributed by atoms with Crippen molar-refractivity contribution in [3.63, 3.8) is 0 Å². The molecule has 0 unspecified atom stereocenters. The van der Waals surface area contributed by atoms with Crippen LogP contribution in [0.15, 0.2) is 42.6 Å². The molecule has 0 aliphatic rings. The lowest BCUT2D eigenvalue weighted by Gasteiger charge is -2.02. The van der Waals surface area contributed by atoms with Crippen molar-refractivity contribution in [1.82, 2.24) is 15.0 Å². The molecule has 0 bridgehead atoms. The minimum absolute atomic E-state index is 0.134. The zero-order chi connectivity index (χ0) is 15.0. The van der Waals surface area contributed by atoms with Gasteiger partial charge in [0.1, 0.15) is 17.1 Å². The Labute approximate surface area is 118 Å². The molecular formula is C14H10FN3O3. The van der Waals surface area contributed by atoms with Crippen LogP contribution in [0.1, 0.15) is 0 Å². The van der Waals surface area contributed by atoms with E-state index in [1.54, 1.807) is 6.07 Å². The first-order valence-corrected chi connectivity index (χ1v) is 5.98. The smallest absolute Gasteiger partial charge is 0.158 e. The highest BCUT2D eigenvalue weighted by Gasteiger charge is 2.11. The summed E-state index contributed by atoms with van der Waals surface area (Å²) in [7, 11) is 0. The summed E-state index contributed by atoms with van der Waals surface area (Å²) in [6.45, 7) is 0. The maximum absolute atomic E-state index is 13.7. The van der Waals surface area contributed by atoms with E-state index < -0.39 is 5.82 Å². The van der Waals surface area contributed by atoms with Crippen molar-refractivity contribution in [2.75, 3.05) is 0 Å². The van der Waals surface area contributed by atoms with Gasteiger partial charge in [0.2, 0.25) is 0 Å². The zero-order valence-corrected chi connectivity index (χ0v) is 10.6. The summed E-state index contributed by atoms with van der Waals surface area (Å²) in [4.78, 5) is 0. The first-order valence-electron chi connectivity index (χ1n) is 5.98. The second kappa shape index (κ2) is 4.78. The van der Waals surface area contributed by atoms with E-state index in [9.17, 15) is 19.7 Å². The van der Waals surface area contributed by atoms with Crippen LogP contribution in [0.4, 0.5) is 4.39 Å². The number of rotatable bonds is 2. The molecule has 3 rings (SSSR count). The van der Waals surface area contributed by atoms with E-state index in [1.807, 2.05) is 0 Å². The highest BCUT2D eigenvalue weighted by molar-refractivity contribution is 5.62. The summed E-state index contributed by atoms with van der Waals surface area (Å²) in [5.41, 5.74) is 1.06. The highest BCUT2D eigenvalue weighted by Crippen LogP contribution is 2.29. The van der Waals surface area contributed by atoms with Crippen molar-refractivity contribution in [2.24, 2.45) is 0 Å². The Bertz CT molecular complexity index is 817. The van der Waals surface area contributed by atoms with Gasteiger partial charge in [-0.15, -0.1) is 5.10 Å². The number of hydrogen-bond acceptors (Lipinski definition) is 5. The van der Waals surface area contributed by atoms with E-state index in [0.29, 0.717) is 11.3 Å². The summed E-state index contributed by atoms with van der Waals surface area (Å²) in [6, 6.07) is 7.89. The largest absolute Gasteiger partial charge is 0.508 e. The topological polar surface area (TPSA) is 91.4 Å². The lowest BCUT2D eigenvalue weighted by atomic mass is 10.1. The molecule has 0 spiro atoms. The van der Waals surface area contributed by atoms with Crippen molar-refractivity contribution in [2.45, 2.75) is 0 Å². The Hall–Kier alpha value is -3.09. The van der Waals surface area contributed by atoms with Gasteiger partial charge in [-0.1, -0.05) is 5.21 Å². The summed E-state index contributed by atoms with van der Waals surface area (Å²) in [5.74, 6) is -1.34. The van der Waals surface area contributed by atoms with Gasteiger partial charge in [0.25, 0.3) is 0 Å². The third-order valence-corrected chi connectivity index (χ3v) is 2.94. The van der Waals surface area contributed by atoms with Gasteiger partial charge in [-0.2, -0.15) is 0 Å². The van der Waals surface area contributed by atoms with Crippen LogP contribution < -0.4 is 0 Å². The van der Waals surface area contributed by atoms with Crippen molar-refractivity contribution >= 4 is 0 Å². The molecule has 0 radical (unpaired) electrons. The van der Waals surface area contributed by atoms with Gasteiger partial charge in [-0.05, 0) is 30.3 Å². The molecular weight excluding hydrogens is 277 g/mol. The number of aromatic hydroxyl groups is 3. The SMILES string of the molecule is Oc1ccc(-n2cc(-c3ccc(O)c(O)c3)nn2)c(F)c1. The first kappa shape index (κ1) is 12.9. The Kier molecular flexibility index (Phi) is 2.94. The van der Waals surface area contributed by atoms with E-state index in [-0.39, 0.29) is 22.9 Å². The minimum atomic E-state index is -0.639. The van der Waals surface area contributed by atoms with Gasteiger partial charge in [-0.25, -0.2) is 9.07 Å². The Morgan fingerprint density at radius 1 is 0.952 bits per heavy atom. The second-order valence-corrected chi connectivity index (χ2v) is 4.39. The number of hydrogen-bond donors (Lipinski definition) is 3. The predicted molar refractivity (Wildman–Crippen MR) is 71.7 cm³/mol. The molecule has 21 heavy (non-hydrogen) atoms. The average molecular weight is 287 g/mol. The van der Waals surface area contributed by atoms with Crippen LogP contribution in [-0.2, 0) is 0 Å². The highest BCUT2D eigenvalue weighted by atomic mass is 19.1. The van der Waals surface area contributed by atoms with Gasteiger partial charge in [0.15, 0.2) is 17.3 Å². The normalized spacial score (nSPS) is 10.7. The molecule has 0 saturated carbocycles. The first-order chi connectivity index (χ1) is 10.0. The number of phenols is 3. The Morgan fingerprint density at radius 2 is 1.76 bits per heavy atom. The van der Waals surface area contributed by atoms with E-state index >= 15 is 0 Å². The molecule has 3 aromatic rings. The quantitative estimate of drug-likeness (QED) is 0.628. The molecule has 106 valence electrons. The van der Waals surface area contributed by atoms with Crippen LogP contribution >= 0.6 is 0 Å². The molecule has 2 aromatic carbocycles. The van der Waals surface area contributed by atoms with Gasteiger partial charge >= 0.3 is 0 Å². The number of phenolic OH excluding ortho intramolecular Hbond substituents is 3. The molecule has 1 heterocycles. The van der Waals surface area contributed by atoms with Crippen molar-refractivity contribution < 1.29 is 19.7 Å². The minimum Gasteiger partial charge on any atom is -0.508 e. The summed E-state index contributed by atoms with van der Waals surface area (Å²) < 4.78 is 15.0. The molecule has 0 amide bonds. The van der Waals surface area contributed by atoms with Crippen LogP contribution in [0, 0.1) is 5.82 Å². The van der Waals surface area contributed by atoms with Gasteiger partial charge in [0, 0.05) is 11.6 Å². The second-order valence-electron chi connectivity index (χ2n) is 4.39. The van der Waals surface area contributed by atoms with Crippen molar-refractivity contribution in [1.29, 1.82) is 0 Å². The number of halogens is 1. The van der Waals surface area contributed by atoms with Crippen LogP contribution in [0.25, 0.3) is 16.9 Å². The summed E-state index contributed by atoms with van der Waals surface area (Å²) >= 11 is 0. The number of benzene rings is 2. The molecule has 0 fully saturated rings. The van der Waals surface area contributed by atoms with Crippen molar-refractivity contribution in [3.8, 4) is 34.2 Å². The van der Waals surface area contributed by atoms with E-state index in [2.05, 4.69) is 10.3 Å². The average Bonchev–Trinajstić information content (AvgIpc) is 2.91. The molecule has 1 aromatic heterocycles. The molecule has 3 N–H and O–H groups in total. The molecule has 7 heteroatoms. The fraction of sp³-hybridized carbons (Fsp3) is 0. The monoisotopic (exact) mass is 287 g/mol. The molecule has 0 saturated heterocycles. The fourth-order valence-corrected chi connectivity index (χ4v) is 1.88. The molecule has 6 nitrogen and oxygen atoms in total. The lowest BCUT2D eigenvalue weighted by Crippen LogP contribution is -1.98. The third-order valence-electron chi connectivity index (χ3n) is 2.94. The van der Waals surface area contributed by atoms with Crippen LogP contribution in [-0.4, -0.2) is 30.3 Å². The van der Waals surface area contributed by atoms with Crippen LogP contribution in [0.5, 0.6) is 17.2 Å². The fourth-order valence-electron chi connectivity index (χ4n) is 1.88. The predicted octanol–water partition coefficient (Wildman–Crippen LogP) is 2.19. The van der Waals surface area contributed by atoms with E-state index in [4.69, 9.17) is 0 Å². The third kappa shape index (κ3) is 2.36. The Morgan fingerprint density at radius 3 is 2.48 bits per heavy atom. The lowest BCUT2D eigenvalue weighted by molar-refractivity contribution is 0.404. The molecule has 0 atom stereocenters. The van der Waals surface area contributed by atoms with E-state index in [0.717, 1.165) is 6.07 Å². The number of nitrogens with zero attached hydrogens (tertiary/aromatic N) is 3. The van der Waals surface area contributed by atoms with Crippen LogP contribution in [0.3, 0.4) is 0 Å². The zero-order valence-electron chi connectivity index (χ0n) is 10.6. The number of aromatic nitrogens is 3. The van der Waals surface area contributed by atoms with Crippen LogP contribution in [0.2, 0.25) is 0 Å². The standard InChI is InChI=1S/C14H10FN3O3/c15-10-6-9(19)2-3-12(10)18-7-11(16-17-18)8-1-4-13(20)14(21)5-8/h1-7,19-21H. The van der Waals surface area contributed by atoms with Gasteiger partial charge < -0.3 is 15.3 Å². The molecule has 0 aliphatic heterocycles. The van der Waals surface area contributed by atoms with E-state index in [1.165, 1.54) is 35.1 Å². The van der Waals surface area contributed by atoms with Gasteiger partial charge in [0.05, 0.1) is 6.20 Å². The van der Waals surface area contributed by atoms with Crippen molar-refractivity contribution in [3.05, 3.63) is 48.4 Å². The Balaban J connectivity index is 2.01. The maximum atomic E-state index is 13.7.